The Hall–Kier alpha value is -1.39. The highest BCUT2D eigenvalue weighted by atomic mass is 15.2. The molecule has 0 amide bonds. The highest BCUT2D eigenvalue weighted by Crippen LogP contribution is 2.35. The zero-order valence-electron chi connectivity index (χ0n) is 12.7. The molecule has 0 aliphatic carbocycles. The molecule has 21 heavy (non-hydrogen) atoms. The van der Waals surface area contributed by atoms with Gasteiger partial charge in [0.25, 0.3) is 0 Å². The average molecular weight is 284 g/mol. The fourth-order valence-electron chi connectivity index (χ4n) is 4.01. The predicted octanol–water partition coefficient (Wildman–Crippen LogP) is 2.76. The number of nitrogens with zero attached hydrogens (tertiary/aromatic N) is 2. The van der Waals surface area contributed by atoms with E-state index in [1.807, 2.05) is 0 Å². The Kier molecular flexibility index (Phi) is 3.43. The van der Waals surface area contributed by atoms with Crippen LogP contribution in [-0.4, -0.2) is 40.5 Å². The third-order valence-electron chi connectivity index (χ3n) is 5.12. The second kappa shape index (κ2) is 5.43. The first-order chi connectivity index (χ1) is 10.3. The lowest BCUT2D eigenvalue weighted by Gasteiger charge is -2.35. The number of benzene rings is 1. The zero-order chi connectivity index (χ0) is 14.2. The third kappa shape index (κ3) is 2.36. The smallest absolute Gasteiger partial charge is 0.124 e. The van der Waals surface area contributed by atoms with Crippen molar-refractivity contribution in [1.82, 2.24) is 20.2 Å². The largest absolute Gasteiger partial charge is 0.341 e. The maximum Gasteiger partial charge on any atom is 0.124 e. The Balaban J connectivity index is 1.64. The maximum absolute atomic E-state index is 4.93. The fourth-order valence-corrected chi connectivity index (χ4v) is 4.01. The highest BCUT2D eigenvalue weighted by Gasteiger charge is 2.34. The van der Waals surface area contributed by atoms with Gasteiger partial charge in [0.05, 0.1) is 17.1 Å². The van der Waals surface area contributed by atoms with Crippen molar-refractivity contribution in [3.8, 4) is 0 Å². The van der Waals surface area contributed by atoms with Gasteiger partial charge in [0.2, 0.25) is 0 Å². The van der Waals surface area contributed by atoms with E-state index < -0.39 is 0 Å². The van der Waals surface area contributed by atoms with Gasteiger partial charge in [-0.25, -0.2) is 4.98 Å². The van der Waals surface area contributed by atoms with Crippen molar-refractivity contribution in [2.24, 2.45) is 0 Å². The minimum atomic E-state index is 0.486. The molecule has 4 rings (SSSR count). The van der Waals surface area contributed by atoms with Crippen LogP contribution in [0.4, 0.5) is 0 Å². The summed E-state index contributed by atoms with van der Waals surface area (Å²) in [6, 6.07) is 7.61. The fraction of sp³-hybridized carbons (Fsp3) is 0.588. The Labute approximate surface area is 125 Å². The molecule has 1 atom stereocenters. The molecule has 2 aliphatic rings. The van der Waals surface area contributed by atoms with Gasteiger partial charge < -0.3 is 10.3 Å². The number of rotatable bonds is 2. The first-order valence-corrected chi connectivity index (χ1v) is 8.24. The van der Waals surface area contributed by atoms with Crippen molar-refractivity contribution in [3.05, 3.63) is 29.6 Å². The second-order valence-corrected chi connectivity index (χ2v) is 6.47. The van der Waals surface area contributed by atoms with Crippen LogP contribution < -0.4 is 5.32 Å². The number of aromatic nitrogens is 2. The van der Waals surface area contributed by atoms with E-state index in [1.54, 1.807) is 0 Å². The zero-order valence-corrected chi connectivity index (χ0v) is 12.7. The van der Waals surface area contributed by atoms with E-state index in [-0.39, 0.29) is 0 Å². The minimum Gasteiger partial charge on any atom is -0.341 e. The summed E-state index contributed by atoms with van der Waals surface area (Å²) in [4.78, 5) is 11.2. The van der Waals surface area contributed by atoms with Crippen LogP contribution in [0.3, 0.4) is 0 Å². The van der Waals surface area contributed by atoms with Gasteiger partial charge in [0.1, 0.15) is 5.82 Å². The van der Waals surface area contributed by atoms with Crippen molar-refractivity contribution < 1.29 is 0 Å². The molecule has 2 N–H and O–H groups in total. The normalized spacial score (nSPS) is 24.9. The summed E-state index contributed by atoms with van der Waals surface area (Å²) >= 11 is 0. The third-order valence-corrected chi connectivity index (χ3v) is 5.12. The number of H-pyrrole nitrogens is 1. The van der Waals surface area contributed by atoms with Crippen LogP contribution in [0.1, 0.15) is 43.1 Å². The number of likely N-dealkylation sites (tertiary alicyclic amines) is 1. The van der Waals surface area contributed by atoms with Crippen molar-refractivity contribution in [2.45, 2.75) is 44.7 Å². The van der Waals surface area contributed by atoms with Crippen molar-refractivity contribution in [3.63, 3.8) is 0 Å². The van der Waals surface area contributed by atoms with Crippen LogP contribution in [-0.2, 0) is 0 Å². The van der Waals surface area contributed by atoms with Crippen molar-refractivity contribution in [1.29, 1.82) is 0 Å². The first-order valence-electron chi connectivity index (χ1n) is 8.24. The maximum atomic E-state index is 4.93. The molecule has 2 saturated heterocycles. The van der Waals surface area contributed by atoms with Crippen LogP contribution in [0.2, 0.25) is 0 Å². The van der Waals surface area contributed by atoms with Gasteiger partial charge in [-0.15, -0.1) is 0 Å². The van der Waals surface area contributed by atoms with Gasteiger partial charge >= 0.3 is 0 Å². The number of para-hydroxylation sites is 1. The summed E-state index contributed by atoms with van der Waals surface area (Å²) in [5, 5.41) is 3.47. The number of nitrogens with one attached hydrogen (secondary N) is 2. The van der Waals surface area contributed by atoms with Gasteiger partial charge in [-0.2, -0.15) is 0 Å². The molecule has 112 valence electrons. The van der Waals surface area contributed by atoms with Crippen LogP contribution in [0.25, 0.3) is 11.0 Å². The lowest BCUT2D eigenvalue weighted by Crippen LogP contribution is -2.42. The van der Waals surface area contributed by atoms with E-state index in [9.17, 15) is 0 Å². The van der Waals surface area contributed by atoms with E-state index in [2.05, 4.69) is 40.3 Å². The number of aromatic amines is 1. The lowest BCUT2D eigenvalue weighted by atomic mass is 10.0. The molecule has 0 saturated carbocycles. The standard InChI is InChI=1S/C17H24N4/c1-12-4-2-5-14-16(12)20-17(19-14)15-6-3-11-21(15)13-7-9-18-10-8-13/h2,4-5,13,15,18H,3,6-11H2,1H3,(H,19,20). The topological polar surface area (TPSA) is 44.0 Å². The molecule has 4 heteroatoms. The molecule has 1 aromatic carbocycles. The molecule has 2 aromatic rings. The van der Waals surface area contributed by atoms with E-state index in [1.165, 1.54) is 49.1 Å². The van der Waals surface area contributed by atoms with Crippen molar-refractivity contribution in [2.75, 3.05) is 19.6 Å². The number of hydrogen-bond acceptors (Lipinski definition) is 3. The van der Waals surface area contributed by atoms with E-state index in [4.69, 9.17) is 4.98 Å². The lowest BCUT2D eigenvalue weighted by molar-refractivity contribution is 0.144. The van der Waals surface area contributed by atoms with Gasteiger partial charge in [0, 0.05) is 6.04 Å². The molecule has 0 radical (unpaired) electrons. The summed E-state index contributed by atoms with van der Waals surface area (Å²) in [5.74, 6) is 1.18. The van der Waals surface area contributed by atoms with Gasteiger partial charge in [-0.1, -0.05) is 12.1 Å². The molecule has 1 aromatic heterocycles. The summed E-state index contributed by atoms with van der Waals surface area (Å²) in [7, 11) is 0. The van der Waals surface area contributed by atoms with Crippen LogP contribution >= 0.6 is 0 Å². The first kappa shape index (κ1) is 13.3. The number of imidazole rings is 1. The van der Waals surface area contributed by atoms with E-state index in [0.717, 1.165) is 24.6 Å². The molecule has 2 aliphatic heterocycles. The van der Waals surface area contributed by atoms with Crippen molar-refractivity contribution >= 4 is 11.0 Å². The minimum absolute atomic E-state index is 0.486. The molecule has 3 heterocycles. The van der Waals surface area contributed by atoms with Crippen LogP contribution in [0.5, 0.6) is 0 Å². The quantitative estimate of drug-likeness (QED) is 0.891. The molecule has 0 spiro atoms. The molecule has 1 unspecified atom stereocenters. The van der Waals surface area contributed by atoms with Gasteiger partial charge in [0.15, 0.2) is 0 Å². The van der Waals surface area contributed by atoms with E-state index >= 15 is 0 Å². The Morgan fingerprint density at radius 1 is 1.19 bits per heavy atom. The van der Waals surface area contributed by atoms with Crippen LogP contribution in [0, 0.1) is 6.92 Å². The molecule has 0 bridgehead atoms. The summed E-state index contributed by atoms with van der Waals surface area (Å²) in [6.07, 6.45) is 5.08. The Bertz CT molecular complexity index is 627. The Morgan fingerprint density at radius 2 is 2.05 bits per heavy atom. The number of fused-ring (bicyclic) bond motifs is 1. The van der Waals surface area contributed by atoms with Crippen LogP contribution in [0.15, 0.2) is 18.2 Å². The number of hydrogen-bond donors (Lipinski definition) is 2. The summed E-state index contributed by atoms with van der Waals surface area (Å²) < 4.78 is 0. The summed E-state index contributed by atoms with van der Waals surface area (Å²) in [5.41, 5.74) is 3.59. The monoisotopic (exact) mass is 284 g/mol. The SMILES string of the molecule is Cc1cccc2[nH]c(C3CCCN3C3CCNCC3)nc12. The predicted molar refractivity (Wildman–Crippen MR) is 85.4 cm³/mol. The van der Waals surface area contributed by atoms with Gasteiger partial charge in [-0.3, -0.25) is 4.90 Å². The molecular weight excluding hydrogens is 260 g/mol. The average Bonchev–Trinajstić information content (AvgIpc) is 3.15. The summed E-state index contributed by atoms with van der Waals surface area (Å²) in [6.45, 7) is 5.69. The highest BCUT2D eigenvalue weighted by molar-refractivity contribution is 5.78. The van der Waals surface area contributed by atoms with Gasteiger partial charge in [-0.05, 0) is 63.9 Å². The number of piperidine rings is 1. The number of aryl methyl sites for hydroxylation is 1. The molecular formula is C17H24N4. The van der Waals surface area contributed by atoms with E-state index in [0.29, 0.717) is 6.04 Å². The second-order valence-electron chi connectivity index (χ2n) is 6.47. The molecule has 2 fully saturated rings. The molecule has 4 nitrogen and oxygen atoms in total. The Morgan fingerprint density at radius 3 is 2.86 bits per heavy atom.